The fourth-order valence-electron chi connectivity index (χ4n) is 2.38. The maximum atomic E-state index is 12.2. The Kier molecular flexibility index (Phi) is 4.31. The van der Waals surface area contributed by atoms with Crippen LogP contribution in [0.2, 0.25) is 0 Å². The zero-order valence-electron chi connectivity index (χ0n) is 13.9. The number of hydrogen-bond acceptors (Lipinski definition) is 5. The minimum atomic E-state index is -0.506. The van der Waals surface area contributed by atoms with Crippen LogP contribution in [0.25, 0.3) is 0 Å². The number of nitrogens with zero attached hydrogens (tertiary/aromatic N) is 3. The molecule has 0 aliphatic carbocycles. The lowest BCUT2D eigenvalue weighted by atomic mass is 10.1. The summed E-state index contributed by atoms with van der Waals surface area (Å²) in [5.41, 5.74) is -0.506. The van der Waals surface area contributed by atoms with Crippen LogP contribution in [0.3, 0.4) is 0 Å². The molecule has 0 aromatic carbocycles. The highest BCUT2D eigenvalue weighted by atomic mass is 32.1. The van der Waals surface area contributed by atoms with Crippen molar-refractivity contribution in [2.75, 3.05) is 18.4 Å². The van der Waals surface area contributed by atoms with Crippen molar-refractivity contribution in [1.82, 2.24) is 14.7 Å². The quantitative estimate of drug-likeness (QED) is 0.925. The Labute approximate surface area is 144 Å². The van der Waals surface area contributed by atoms with Gasteiger partial charge in [0, 0.05) is 19.2 Å². The topological polar surface area (TPSA) is 76.5 Å². The van der Waals surface area contributed by atoms with Crippen LogP contribution >= 0.6 is 11.3 Å². The van der Waals surface area contributed by atoms with Crippen LogP contribution < -0.4 is 5.32 Å². The van der Waals surface area contributed by atoms with Crippen molar-refractivity contribution in [3.05, 3.63) is 34.7 Å². The number of nitrogens with one attached hydrogen (secondary N) is 1. The van der Waals surface area contributed by atoms with Crippen molar-refractivity contribution in [2.24, 2.45) is 0 Å². The maximum Gasteiger partial charge on any atom is 0.410 e. The van der Waals surface area contributed by atoms with Gasteiger partial charge in [0.1, 0.15) is 11.4 Å². The lowest BCUT2D eigenvalue weighted by Crippen LogP contribution is -2.52. The van der Waals surface area contributed by atoms with Crippen LogP contribution in [0, 0.1) is 0 Å². The normalized spacial score (nSPS) is 15.0. The van der Waals surface area contributed by atoms with E-state index in [1.54, 1.807) is 27.9 Å². The number of rotatable bonds is 3. The molecule has 24 heavy (non-hydrogen) atoms. The first-order valence-corrected chi connectivity index (χ1v) is 8.58. The van der Waals surface area contributed by atoms with E-state index in [2.05, 4.69) is 10.4 Å². The van der Waals surface area contributed by atoms with E-state index >= 15 is 0 Å². The second kappa shape index (κ2) is 6.27. The van der Waals surface area contributed by atoms with Crippen molar-refractivity contribution < 1.29 is 14.3 Å². The Morgan fingerprint density at radius 2 is 2.08 bits per heavy atom. The average Bonchev–Trinajstić information content (AvgIpc) is 3.06. The zero-order valence-corrected chi connectivity index (χ0v) is 14.7. The molecule has 1 aliphatic rings. The molecular formula is C16H20N4O3S. The molecule has 1 saturated heterocycles. The van der Waals surface area contributed by atoms with Gasteiger partial charge >= 0.3 is 6.09 Å². The number of ether oxygens (including phenoxy) is 1. The SMILES string of the molecule is CC(C)(C)OC(=O)N1CC(n2nccc2NC(=O)c2cccs2)C1. The number of anilines is 1. The van der Waals surface area contributed by atoms with E-state index in [4.69, 9.17) is 4.74 Å². The van der Waals surface area contributed by atoms with Gasteiger partial charge in [-0.15, -0.1) is 11.3 Å². The van der Waals surface area contributed by atoms with E-state index in [-0.39, 0.29) is 18.0 Å². The fraction of sp³-hybridized carbons (Fsp3) is 0.438. The third kappa shape index (κ3) is 3.59. The van der Waals surface area contributed by atoms with Crippen LogP contribution in [-0.4, -0.2) is 45.4 Å². The number of aromatic nitrogens is 2. The molecule has 2 aromatic rings. The molecule has 2 amide bonds. The standard InChI is InChI=1S/C16H20N4O3S/c1-16(2,3)23-15(22)19-9-11(10-19)20-13(6-7-17-20)18-14(21)12-5-4-8-24-12/h4-8,11H,9-10H2,1-3H3,(H,18,21). The lowest BCUT2D eigenvalue weighted by Gasteiger charge is -2.40. The highest BCUT2D eigenvalue weighted by Crippen LogP contribution is 2.26. The Hall–Kier alpha value is -2.35. The summed E-state index contributed by atoms with van der Waals surface area (Å²) < 4.78 is 7.08. The Morgan fingerprint density at radius 1 is 1.33 bits per heavy atom. The summed E-state index contributed by atoms with van der Waals surface area (Å²) in [6, 6.07) is 5.39. The number of carbonyl (C=O) groups is 2. The molecular weight excluding hydrogens is 328 g/mol. The number of amides is 2. The van der Waals surface area contributed by atoms with E-state index < -0.39 is 5.60 Å². The first kappa shape index (κ1) is 16.5. The average molecular weight is 348 g/mol. The smallest absolute Gasteiger partial charge is 0.410 e. The van der Waals surface area contributed by atoms with Crippen molar-refractivity contribution in [3.8, 4) is 0 Å². The van der Waals surface area contributed by atoms with Crippen LogP contribution in [0.15, 0.2) is 29.8 Å². The molecule has 7 nitrogen and oxygen atoms in total. The van der Waals surface area contributed by atoms with E-state index in [0.29, 0.717) is 23.8 Å². The van der Waals surface area contributed by atoms with Gasteiger partial charge in [0.15, 0.2) is 0 Å². The molecule has 1 fully saturated rings. The Morgan fingerprint density at radius 3 is 2.71 bits per heavy atom. The highest BCUT2D eigenvalue weighted by molar-refractivity contribution is 7.12. The van der Waals surface area contributed by atoms with E-state index in [0.717, 1.165) is 0 Å². The van der Waals surface area contributed by atoms with Gasteiger partial charge in [0.2, 0.25) is 0 Å². The maximum absolute atomic E-state index is 12.2. The van der Waals surface area contributed by atoms with Crippen molar-refractivity contribution in [1.29, 1.82) is 0 Å². The number of hydrogen-bond donors (Lipinski definition) is 1. The second-order valence-electron chi connectivity index (χ2n) is 6.63. The van der Waals surface area contributed by atoms with Gasteiger partial charge in [-0.05, 0) is 32.2 Å². The molecule has 0 bridgehead atoms. The summed E-state index contributed by atoms with van der Waals surface area (Å²) in [6.45, 7) is 6.55. The Balaban J connectivity index is 1.59. The fourth-order valence-corrected chi connectivity index (χ4v) is 2.99. The predicted molar refractivity (Wildman–Crippen MR) is 91.3 cm³/mol. The molecule has 2 aromatic heterocycles. The highest BCUT2D eigenvalue weighted by Gasteiger charge is 2.36. The summed E-state index contributed by atoms with van der Waals surface area (Å²) >= 11 is 1.39. The van der Waals surface area contributed by atoms with Gasteiger partial charge in [0.25, 0.3) is 5.91 Å². The van der Waals surface area contributed by atoms with Crippen LogP contribution in [0.1, 0.15) is 36.5 Å². The monoisotopic (exact) mass is 348 g/mol. The molecule has 1 N–H and O–H groups in total. The first-order valence-electron chi connectivity index (χ1n) is 7.70. The first-order chi connectivity index (χ1) is 11.3. The minimum Gasteiger partial charge on any atom is -0.444 e. The summed E-state index contributed by atoms with van der Waals surface area (Å²) in [5.74, 6) is 0.470. The molecule has 1 aliphatic heterocycles. The van der Waals surface area contributed by atoms with Crippen molar-refractivity contribution >= 4 is 29.2 Å². The Bertz CT molecular complexity index is 727. The molecule has 0 atom stereocenters. The number of likely N-dealkylation sites (tertiary alicyclic amines) is 1. The molecule has 128 valence electrons. The van der Waals surface area contributed by atoms with Crippen LogP contribution in [0.5, 0.6) is 0 Å². The molecule has 3 rings (SSSR count). The van der Waals surface area contributed by atoms with Gasteiger partial charge in [-0.25, -0.2) is 9.48 Å². The minimum absolute atomic E-state index is 0.0335. The molecule has 0 spiro atoms. The van der Waals surface area contributed by atoms with Crippen LogP contribution in [0.4, 0.5) is 10.6 Å². The van der Waals surface area contributed by atoms with Crippen molar-refractivity contribution in [2.45, 2.75) is 32.4 Å². The van der Waals surface area contributed by atoms with Gasteiger partial charge in [-0.1, -0.05) is 6.07 Å². The number of carbonyl (C=O) groups excluding carboxylic acids is 2. The lowest BCUT2D eigenvalue weighted by molar-refractivity contribution is -0.000163. The van der Waals surface area contributed by atoms with Gasteiger partial charge in [-0.3, -0.25) is 4.79 Å². The second-order valence-corrected chi connectivity index (χ2v) is 7.58. The number of thiophene rings is 1. The summed E-state index contributed by atoms with van der Waals surface area (Å²) in [7, 11) is 0. The zero-order chi connectivity index (χ0) is 17.3. The summed E-state index contributed by atoms with van der Waals surface area (Å²) in [5, 5.41) is 8.99. The summed E-state index contributed by atoms with van der Waals surface area (Å²) in [6.07, 6.45) is 1.32. The third-order valence-electron chi connectivity index (χ3n) is 3.52. The van der Waals surface area contributed by atoms with Gasteiger partial charge in [0.05, 0.1) is 17.1 Å². The van der Waals surface area contributed by atoms with Gasteiger partial charge < -0.3 is 15.0 Å². The van der Waals surface area contributed by atoms with Crippen LogP contribution in [-0.2, 0) is 4.74 Å². The van der Waals surface area contributed by atoms with E-state index in [1.807, 2.05) is 32.2 Å². The third-order valence-corrected chi connectivity index (χ3v) is 4.39. The van der Waals surface area contributed by atoms with E-state index in [1.165, 1.54) is 11.3 Å². The molecule has 0 radical (unpaired) electrons. The largest absolute Gasteiger partial charge is 0.444 e. The predicted octanol–water partition coefficient (Wildman–Crippen LogP) is 2.99. The molecule has 3 heterocycles. The van der Waals surface area contributed by atoms with E-state index in [9.17, 15) is 9.59 Å². The molecule has 8 heteroatoms. The summed E-state index contributed by atoms with van der Waals surface area (Å²) in [4.78, 5) is 26.4. The molecule has 0 saturated carbocycles. The van der Waals surface area contributed by atoms with Crippen molar-refractivity contribution in [3.63, 3.8) is 0 Å². The van der Waals surface area contributed by atoms with Gasteiger partial charge in [-0.2, -0.15) is 5.10 Å². The molecule has 0 unspecified atom stereocenters.